The van der Waals surface area contributed by atoms with Gasteiger partial charge in [-0.05, 0) is 54.3 Å². The van der Waals surface area contributed by atoms with Gasteiger partial charge in [0.15, 0.2) is 5.58 Å². The summed E-state index contributed by atoms with van der Waals surface area (Å²) in [4.78, 5) is 27.8. The highest BCUT2D eigenvalue weighted by atomic mass is 35.5. The molecule has 168 valence electrons. The highest BCUT2D eigenvalue weighted by Gasteiger charge is 2.18. The highest BCUT2D eigenvalue weighted by Crippen LogP contribution is 2.32. The van der Waals surface area contributed by atoms with Crippen molar-refractivity contribution in [2.75, 3.05) is 5.32 Å². The number of non-ortho nitro benzene ring substituents is 1. The van der Waals surface area contributed by atoms with Gasteiger partial charge >= 0.3 is 0 Å². The maximum atomic E-state index is 12.8. The molecule has 1 N–H and O–H groups in total. The fraction of sp³-hybridized carbons (Fsp3) is 0.167. The number of rotatable bonds is 6. The lowest BCUT2D eigenvalue weighted by atomic mass is 9.98. The predicted octanol–water partition coefficient (Wildman–Crippen LogP) is 7.48. The summed E-state index contributed by atoms with van der Waals surface area (Å²) < 4.78 is 5.91. The van der Waals surface area contributed by atoms with Gasteiger partial charge < -0.3 is 9.73 Å². The summed E-state index contributed by atoms with van der Waals surface area (Å²) in [5.41, 5.74) is 3.21. The van der Waals surface area contributed by atoms with Gasteiger partial charge in [-0.1, -0.05) is 43.1 Å². The Labute approximate surface area is 199 Å². The molecule has 0 spiro atoms. The molecule has 9 heteroatoms. The summed E-state index contributed by atoms with van der Waals surface area (Å²) in [6.07, 6.45) is 1.02. The third kappa shape index (κ3) is 4.69. The minimum atomic E-state index is -0.626. The van der Waals surface area contributed by atoms with Crippen LogP contribution in [0.15, 0.2) is 59.0 Å². The lowest BCUT2D eigenvalue weighted by Gasteiger charge is -2.09. The normalized spacial score (nSPS) is 12.0. The standard InChI is InChI=1S/C24H19Cl2N3O4/c1-3-13(2)14-5-9-22-21(10-14)28-24(33-22)15-4-7-19(26)20(11-15)27-23(30)17-12-16(29(31)32)6-8-18(17)25/h4-13H,3H2,1-2H3,(H,27,30)/t13-/m1/s1. The molecule has 7 nitrogen and oxygen atoms in total. The molecule has 1 amide bonds. The summed E-state index contributed by atoms with van der Waals surface area (Å²) >= 11 is 12.4. The molecular weight excluding hydrogens is 465 g/mol. The van der Waals surface area contributed by atoms with Crippen molar-refractivity contribution >= 4 is 51.6 Å². The van der Waals surface area contributed by atoms with Gasteiger partial charge in [-0.3, -0.25) is 14.9 Å². The van der Waals surface area contributed by atoms with Crippen LogP contribution in [0.3, 0.4) is 0 Å². The lowest BCUT2D eigenvalue weighted by Crippen LogP contribution is -2.13. The van der Waals surface area contributed by atoms with Gasteiger partial charge in [0.1, 0.15) is 5.52 Å². The zero-order chi connectivity index (χ0) is 23.7. The van der Waals surface area contributed by atoms with Crippen LogP contribution in [-0.2, 0) is 0 Å². The molecular formula is C24H19Cl2N3O4. The SMILES string of the molecule is CC[C@@H](C)c1ccc2oc(-c3ccc(Cl)c(NC(=O)c4cc([N+](=O)[O-])ccc4Cl)c3)nc2c1. The molecule has 0 saturated carbocycles. The fourth-order valence-electron chi connectivity index (χ4n) is 3.35. The Bertz CT molecular complexity index is 1380. The number of nitro benzene ring substituents is 1. The largest absolute Gasteiger partial charge is 0.436 e. The van der Waals surface area contributed by atoms with Crippen LogP contribution in [0.5, 0.6) is 0 Å². The van der Waals surface area contributed by atoms with E-state index in [1.807, 2.05) is 18.2 Å². The summed E-state index contributed by atoms with van der Waals surface area (Å²) in [6, 6.07) is 14.6. The highest BCUT2D eigenvalue weighted by molar-refractivity contribution is 6.36. The van der Waals surface area contributed by atoms with Crippen molar-refractivity contribution in [2.45, 2.75) is 26.2 Å². The van der Waals surface area contributed by atoms with Crippen LogP contribution in [0.25, 0.3) is 22.6 Å². The van der Waals surface area contributed by atoms with Crippen LogP contribution in [0.1, 0.15) is 42.1 Å². The molecule has 1 heterocycles. The number of fused-ring (bicyclic) bond motifs is 1. The molecule has 0 unspecified atom stereocenters. The Hall–Kier alpha value is -3.42. The summed E-state index contributed by atoms with van der Waals surface area (Å²) in [5.74, 6) is 0.165. The van der Waals surface area contributed by atoms with Crippen LogP contribution in [0.4, 0.5) is 11.4 Å². The van der Waals surface area contributed by atoms with E-state index < -0.39 is 10.8 Å². The number of nitrogens with zero attached hydrogens (tertiary/aromatic N) is 2. The van der Waals surface area contributed by atoms with E-state index in [1.54, 1.807) is 18.2 Å². The third-order valence-electron chi connectivity index (χ3n) is 5.46. The second kappa shape index (κ2) is 9.21. The molecule has 1 atom stereocenters. The van der Waals surface area contributed by atoms with Gasteiger partial charge in [-0.15, -0.1) is 0 Å². The number of aromatic nitrogens is 1. The Balaban J connectivity index is 1.65. The maximum absolute atomic E-state index is 12.8. The van der Waals surface area contributed by atoms with E-state index in [0.717, 1.165) is 18.0 Å². The Morgan fingerprint density at radius 1 is 1.12 bits per heavy atom. The van der Waals surface area contributed by atoms with Crippen LogP contribution < -0.4 is 5.32 Å². The van der Waals surface area contributed by atoms with Crippen LogP contribution in [-0.4, -0.2) is 15.8 Å². The van der Waals surface area contributed by atoms with Crippen molar-refractivity contribution in [2.24, 2.45) is 0 Å². The third-order valence-corrected chi connectivity index (χ3v) is 6.12. The summed E-state index contributed by atoms with van der Waals surface area (Å²) in [6.45, 7) is 4.29. The maximum Gasteiger partial charge on any atom is 0.270 e. The van der Waals surface area contributed by atoms with Crippen molar-refractivity contribution in [1.82, 2.24) is 4.98 Å². The molecule has 0 aliphatic carbocycles. The van der Waals surface area contributed by atoms with E-state index in [1.165, 1.54) is 17.7 Å². The monoisotopic (exact) mass is 483 g/mol. The number of nitrogens with one attached hydrogen (secondary N) is 1. The van der Waals surface area contributed by atoms with Crippen molar-refractivity contribution < 1.29 is 14.1 Å². The predicted molar refractivity (Wildman–Crippen MR) is 129 cm³/mol. The van der Waals surface area contributed by atoms with Gasteiger partial charge in [0.2, 0.25) is 5.89 Å². The number of carbonyl (C=O) groups excluding carboxylic acids is 1. The van der Waals surface area contributed by atoms with E-state index in [4.69, 9.17) is 27.6 Å². The zero-order valence-corrected chi connectivity index (χ0v) is 19.3. The molecule has 0 aliphatic heterocycles. The number of hydrogen-bond donors (Lipinski definition) is 1. The topological polar surface area (TPSA) is 98.3 Å². The Morgan fingerprint density at radius 3 is 2.61 bits per heavy atom. The number of amides is 1. The molecule has 0 saturated heterocycles. The molecule has 0 fully saturated rings. The summed E-state index contributed by atoms with van der Waals surface area (Å²) in [5, 5.41) is 14.1. The Morgan fingerprint density at radius 2 is 1.88 bits per heavy atom. The first-order valence-corrected chi connectivity index (χ1v) is 11.0. The first-order chi connectivity index (χ1) is 15.8. The van der Waals surface area contributed by atoms with Crippen LogP contribution >= 0.6 is 23.2 Å². The van der Waals surface area contributed by atoms with E-state index in [-0.39, 0.29) is 21.3 Å². The van der Waals surface area contributed by atoms with Gasteiger partial charge in [-0.2, -0.15) is 0 Å². The van der Waals surface area contributed by atoms with Crippen molar-refractivity contribution in [3.8, 4) is 11.5 Å². The lowest BCUT2D eigenvalue weighted by molar-refractivity contribution is -0.384. The number of halogens is 2. The molecule has 33 heavy (non-hydrogen) atoms. The van der Waals surface area contributed by atoms with Gasteiger partial charge in [-0.25, -0.2) is 4.98 Å². The minimum absolute atomic E-state index is 0.0354. The average Bonchev–Trinajstić information content (AvgIpc) is 3.23. The van der Waals surface area contributed by atoms with Crippen molar-refractivity contribution in [3.05, 3.63) is 85.9 Å². The number of anilines is 1. The smallest absolute Gasteiger partial charge is 0.270 e. The quantitative estimate of drug-likeness (QED) is 0.226. The second-order valence-electron chi connectivity index (χ2n) is 7.63. The van der Waals surface area contributed by atoms with Crippen molar-refractivity contribution in [1.29, 1.82) is 0 Å². The van der Waals surface area contributed by atoms with Crippen molar-refractivity contribution in [3.63, 3.8) is 0 Å². The second-order valence-corrected chi connectivity index (χ2v) is 8.44. The number of oxazole rings is 1. The molecule has 0 bridgehead atoms. The molecule has 4 rings (SSSR count). The molecule has 3 aromatic carbocycles. The minimum Gasteiger partial charge on any atom is -0.436 e. The molecule has 1 aromatic heterocycles. The van der Waals surface area contributed by atoms with E-state index in [0.29, 0.717) is 28.6 Å². The van der Waals surface area contributed by atoms with Crippen LogP contribution in [0, 0.1) is 10.1 Å². The first-order valence-electron chi connectivity index (χ1n) is 10.2. The zero-order valence-electron chi connectivity index (χ0n) is 17.8. The summed E-state index contributed by atoms with van der Waals surface area (Å²) in [7, 11) is 0. The van der Waals surface area contributed by atoms with E-state index >= 15 is 0 Å². The number of benzene rings is 3. The molecule has 0 aliphatic rings. The number of hydrogen-bond acceptors (Lipinski definition) is 5. The number of nitro groups is 1. The van der Waals surface area contributed by atoms with Gasteiger partial charge in [0.25, 0.3) is 11.6 Å². The van der Waals surface area contributed by atoms with Gasteiger partial charge in [0.05, 0.1) is 26.2 Å². The molecule has 4 aromatic rings. The molecule has 0 radical (unpaired) electrons. The number of carbonyl (C=O) groups is 1. The first kappa shape index (κ1) is 22.8. The van der Waals surface area contributed by atoms with Gasteiger partial charge in [0, 0.05) is 17.7 Å². The Kier molecular flexibility index (Phi) is 6.35. The van der Waals surface area contributed by atoms with E-state index in [9.17, 15) is 14.9 Å². The fourth-order valence-corrected chi connectivity index (χ4v) is 3.72. The van der Waals surface area contributed by atoms with E-state index in [2.05, 4.69) is 24.1 Å². The van der Waals surface area contributed by atoms with Crippen LogP contribution in [0.2, 0.25) is 10.0 Å². The average molecular weight is 484 g/mol.